The molecule has 2 rings (SSSR count). The molecule has 2 fully saturated rings. The Morgan fingerprint density at radius 3 is 2.58 bits per heavy atom. The van der Waals surface area contributed by atoms with Gasteiger partial charge in [0, 0.05) is 0 Å². The minimum Gasteiger partial charge on any atom is -0.447 e. The highest BCUT2D eigenvalue weighted by molar-refractivity contribution is 5.69. The fourth-order valence-electron chi connectivity index (χ4n) is 2.19. The third kappa shape index (κ3) is 1.54. The zero-order valence-electron chi connectivity index (χ0n) is 7.21. The zero-order valence-corrected chi connectivity index (χ0v) is 7.21. The molecule has 12 heavy (non-hydrogen) atoms. The highest BCUT2D eigenvalue weighted by Crippen LogP contribution is 2.27. The highest BCUT2D eigenvalue weighted by atomic mass is 16.6. The number of alkyl carbamates (subject to hydrolysis) is 1. The van der Waals surface area contributed by atoms with Gasteiger partial charge < -0.3 is 10.1 Å². The first-order valence-electron chi connectivity index (χ1n) is 4.79. The molecule has 0 aromatic rings. The molecule has 1 aliphatic carbocycles. The molecule has 3 heteroatoms. The topological polar surface area (TPSA) is 38.3 Å². The average Bonchev–Trinajstić information content (AvgIpc) is 2.54. The van der Waals surface area contributed by atoms with E-state index in [-0.39, 0.29) is 6.09 Å². The van der Waals surface area contributed by atoms with Gasteiger partial charge in [0.2, 0.25) is 0 Å². The standard InChI is InChI=1S/C9H15NO2/c11-9-10-8(6-12-9)7-4-2-1-3-5-7/h7-8H,1-6H2,(H,10,11)/t8-/m0/s1. The summed E-state index contributed by atoms with van der Waals surface area (Å²) in [6.07, 6.45) is 6.28. The molecule has 68 valence electrons. The summed E-state index contributed by atoms with van der Waals surface area (Å²) in [6.45, 7) is 0.587. The Bertz CT molecular complexity index is 175. The quantitative estimate of drug-likeness (QED) is 0.648. The van der Waals surface area contributed by atoms with E-state index in [9.17, 15) is 4.79 Å². The summed E-state index contributed by atoms with van der Waals surface area (Å²) < 4.78 is 4.87. The molecule has 1 saturated heterocycles. The summed E-state index contributed by atoms with van der Waals surface area (Å²) in [6, 6.07) is 0.304. The molecule has 0 spiro atoms. The Kier molecular flexibility index (Phi) is 2.19. The Hall–Kier alpha value is -0.730. The Morgan fingerprint density at radius 1 is 1.25 bits per heavy atom. The monoisotopic (exact) mass is 169 g/mol. The number of hydrogen-bond donors (Lipinski definition) is 1. The van der Waals surface area contributed by atoms with E-state index < -0.39 is 0 Å². The van der Waals surface area contributed by atoms with E-state index in [2.05, 4.69) is 5.32 Å². The second-order valence-electron chi connectivity index (χ2n) is 3.75. The molecule has 0 unspecified atom stereocenters. The average molecular weight is 169 g/mol. The van der Waals surface area contributed by atoms with Crippen molar-refractivity contribution in [3.8, 4) is 0 Å². The van der Waals surface area contributed by atoms with Crippen molar-refractivity contribution in [1.82, 2.24) is 5.32 Å². The predicted molar refractivity (Wildman–Crippen MR) is 44.8 cm³/mol. The van der Waals surface area contributed by atoms with Crippen LogP contribution in [0.25, 0.3) is 0 Å². The molecule has 1 N–H and O–H groups in total. The predicted octanol–water partition coefficient (Wildman–Crippen LogP) is 1.68. The fraction of sp³-hybridized carbons (Fsp3) is 0.889. The van der Waals surface area contributed by atoms with Gasteiger partial charge in [0.05, 0.1) is 6.04 Å². The molecule has 0 aromatic heterocycles. The zero-order chi connectivity index (χ0) is 8.39. The first-order chi connectivity index (χ1) is 5.86. The van der Waals surface area contributed by atoms with E-state index in [1.807, 2.05) is 0 Å². The highest BCUT2D eigenvalue weighted by Gasteiger charge is 2.30. The summed E-state index contributed by atoms with van der Waals surface area (Å²) >= 11 is 0. The van der Waals surface area contributed by atoms with Crippen LogP contribution in [0, 0.1) is 5.92 Å². The maximum absolute atomic E-state index is 10.8. The van der Waals surface area contributed by atoms with Crippen molar-refractivity contribution in [1.29, 1.82) is 0 Å². The number of rotatable bonds is 1. The lowest BCUT2D eigenvalue weighted by molar-refractivity contribution is 0.173. The third-order valence-corrected chi connectivity index (χ3v) is 2.92. The third-order valence-electron chi connectivity index (χ3n) is 2.92. The van der Waals surface area contributed by atoms with E-state index >= 15 is 0 Å². The van der Waals surface area contributed by atoms with E-state index in [0.29, 0.717) is 18.6 Å². The van der Waals surface area contributed by atoms with Gasteiger partial charge in [0.1, 0.15) is 6.61 Å². The van der Waals surface area contributed by atoms with Crippen LogP contribution in [0.15, 0.2) is 0 Å². The van der Waals surface area contributed by atoms with Crippen LogP contribution in [0.4, 0.5) is 4.79 Å². The SMILES string of the molecule is O=C1N[C@H](C2CCCCC2)CO1. The number of hydrogen-bond acceptors (Lipinski definition) is 2. The number of ether oxygens (including phenoxy) is 1. The van der Waals surface area contributed by atoms with Crippen LogP contribution in [0.3, 0.4) is 0 Å². The number of carbonyl (C=O) groups is 1. The molecule has 1 amide bonds. The molecule has 1 atom stereocenters. The summed E-state index contributed by atoms with van der Waals surface area (Å²) in [5.41, 5.74) is 0. The van der Waals surface area contributed by atoms with Crippen LogP contribution < -0.4 is 5.32 Å². The summed E-state index contributed by atoms with van der Waals surface area (Å²) in [5, 5.41) is 2.86. The van der Waals surface area contributed by atoms with Gasteiger partial charge in [0.15, 0.2) is 0 Å². The van der Waals surface area contributed by atoms with Crippen LogP contribution in [-0.4, -0.2) is 18.7 Å². The lowest BCUT2D eigenvalue weighted by Gasteiger charge is -2.25. The van der Waals surface area contributed by atoms with Crippen molar-refractivity contribution >= 4 is 6.09 Å². The van der Waals surface area contributed by atoms with Crippen LogP contribution in [0.5, 0.6) is 0 Å². The molecule has 1 heterocycles. The van der Waals surface area contributed by atoms with E-state index in [4.69, 9.17) is 4.74 Å². The molecule has 0 aromatic carbocycles. The second-order valence-corrected chi connectivity index (χ2v) is 3.75. The van der Waals surface area contributed by atoms with E-state index in [1.54, 1.807) is 0 Å². The Labute approximate surface area is 72.5 Å². The van der Waals surface area contributed by atoms with Gasteiger partial charge in [-0.3, -0.25) is 0 Å². The molecule has 0 radical (unpaired) electrons. The maximum atomic E-state index is 10.8. The van der Waals surface area contributed by atoms with Gasteiger partial charge in [-0.1, -0.05) is 19.3 Å². The lowest BCUT2D eigenvalue weighted by atomic mass is 9.84. The van der Waals surface area contributed by atoms with Gasteiger partial charge in [-0.05, 0) is 18.8 Å². The Morgan fingerprint density at radius 2 is 2.00 bits per heavy atom. The largest absolute Gasteiger partial charge is 0.447 e. The van der Waals surface area contributed by atoms with Crippen molar-refractivity contribution in [3.63, 3.8) is 0 Å². The summed E-state index contributed by atoms with van der Waals surface area (Å²) in [5.74, 6) is 0.671. The van der Waals surface area contributed by atoms with Crippen molar-refractivity contribution in [2.75, 3.05) is 6.61 Å². The van der Waals surface area contributed by atoms with Crippen molar-refractivity contribution in [2.24, 2.45) is 5.92 Å². The first-order valence-corrected chi connectivity index (χ1v) is 4.79. The minimum absolute atomic E-state index is 0.231. The van der Waals surface area contributed by atoms with Crippen molar-refractivity contribution in [2.45, 2.75) is 38.1 Å². The molecule has 2 aliphatic rings. The second kappa shape index (κ2) is 3.33. The number of nitrogens with one attached hydrogen (secondary N) is 1. The number of cyclic esters (lactones) is 1. The molecule has 1 saturated carbocycles. The molecular weight excluding hydrogens is 154 g/mol. The normalized spacial score (nSPS) is 31.3. The molecule has 3 nitrogen and oxygen atoms in total. The fourth-order valence-corrected chi connectivity index (χ4v) is 2.19. The number of amides is 1. The first kappa shape index (κ1) is 7.90. The van der Waals surface area contributed by atoms with Gasteiger partial charge in [-0.15, -0.1) is 0 Å². The van der Waals surface area contributed by atoms with Gasteiger partial charge in [-0.2, -0.15) is 0 Å². The Balaban J connectivity index is 1.86. The van der Waals surface area contributed by atoms with Crippen LogP contribution >= 0.6 is 0 Å². The van der Waals surface area contributed by atoms with E-state index in [1.165, 1.54) is 32.1 Å². The molecule has 0 bridgehead atoms. The molecule has 1 aliphatic heterocycles. The smallest absolute Gasteiger partial charge is 0.407 e. The van der Waals surface area contributed by atoms with E-state index in [0.717, 1.165) is 0 Å². The summed E-state index contributed by atoms with van der Waals surface area (Å²) in [7, 11) is 0. The van der Waals surface area contributed by atoms with Crippen molar-refractivity contribution in [3.05, 3.63) is 0 Å². The molecular formula is C9H15NO2. The van der Waals surface area contributed by atoms with Gasteiger partial charge in [-0.25, -0.2) is 4.79 Å². The van der Waals surface area contributed by atoms with Crippen LogP contribution in [-0.2, 0) is 4.74 Å². The van der Waals surface area contributed by atoms with Gasteiger partial charge in [0.25, 0.3) is 0 Å². The maximum Gasteiger partial charge on any atom is 0.407 e. The van der Waals surface area contributed by atoms with Gasteiger partial charge >= 0.3 is 6.09 Å². The van der Waals surface area contributed by atoms with Crippen LogP contribution in [0.1, 0.15) is 32.1 Å². The minimum atomic E-state index is -0.231. The lowest BCUT2D eigenvalue weighted by Crippen LogP contribution is -2.35. The van der Waals surface area contributed by atoms with Crippen molar-refractivity contribution < 1.29 is 9.53 Å². The summed E-state index contributed by atoms with van der Waals surface area (Å²) in [4.78, 5) is 10.8. The van der Waals surface area contributed by atoms with Crippen LogP contribution in [0.2, 0.25) is 0 Å². The number of carbonyl (C=O) groups excluding carboxylic acids is 1.